The van der Waals surface area contributed by atoms with Gasteiger partial charge in [-0.15, -0.1) is 0 Å². The molecular formula is C22H18ClFN2O3. The first-order valence-electron chi connectivity index (χ1n) is 8.95. The molecule has 5 nitrogen and oxygen atoms in total. The van der Waals surface area contributed by atoms with Crippen molar-refractivity contribution in [3.05, 3.63) is 76.2 Å². The maximum absolute atomic E-state index is 13.5. The van der Waals surface area contributed by atoms with E-state index < -0.39 is 5.82 Å². The third kappa shape index (κ3) is 3.45. The number of carbonyl (C=O) groups excluding carboxylic acids is 1. The Bertz CT molecular complexity index is 1130. The van der Waals surface area contributed by atoms with Crippen LogP contribution in [-0.2, 0) is 17.8 Å². The quantitative estimate of drug-likeness (QED) is 0.545. The summed E-state index contributed by atoms with van der Waals surface area (Å²) in [6.07, 6.45) is 3.40. The van der Waals surface area contributed by atoms with E-state index in [9.17, 15) is 9.18 Å². The van der Waals surface area contributed by atoms with Gasteiger partial charge in [0, 0.05) is 31.8 Å². The highest BCUT2D eigenvalue weighted by Crippen LogP contribution is 2.39. The fourth-order valence-corrected chi connectivity index (χ4v) is 3.75. The van der Waals surface area contributed by atoms with Crippen LogP contribution in [0.4, 0.5) is 4.39 Å². The first-order chi connectivity index (χ1) is 14.0. The van der Waals surface area contributed by atoms with E-state index in [0.717, 1.165) is 22.1 Å². The Morgan fingerprint density at radius 1 is 1.34 bits per heavy atom. The van der Waals surface area contributed by atoms with Crippen molar-refractivity contribution in [2.45, 2.75) is 13.1 Å². The predicted molar refractivity (Wildman–Crippen MR) is 109 cm³/mol. The minimum Gasteiger partial charge on any atom is -0.464 e. The monoisotopic (exact) mass is 412 g/mol. The molecule has 0 bridgehead atoms. The Balaban J connectivity index is 1.78. The lowest BCUT2D eigenvalue weighted by atomic mass is 10.0. The first-order valence-corrected chi connectivity index (χ1v) is 9.33. The Morgan fingerprint density at radius 2 is 2.17 bits per heavy atom. The van der Waals surface area contributed by atoms with Crippen molar-refractivity contribution < 1.29 is 18.7 Å². The summed E-state index contributed by atoms with van der Waals surface area (Å²) in [5.74, 6) is -0.275. The molecule has 0 unspecified atom stereocenters. The van der Waals surface area contributed by atoms with Gasteiger partial charge >= 0.3 is 0 Å². The van der Waals surface area contributed by atoms with Crippen LogP contribution < -0.4 is 4.74 Å². The molecule has 0 spiro atoms. The van der Waals surface area contributed by atoms with Crippen molar-refractivity contribution in [3.63, 3.8) is 0 Å². The molecule has 0 aliphatic carbocycles. The minimum atomic E-state index is -0.490. The second-order valence-corrected chi connectivity index (χ2v) is 7.11. The Labute approximate surface area is 172 Å². The highest BCUT2D eigenvalue weighted by molar-refractivity contribution is 6.30. The maximum Gasteiger partial charge on any atom is 0.258 e. The third-order valence-corrected chi connectivity index (χ3v) is 5.16. The topological polar surface area (TPSA) is 51.7 Å². The van der Waals surface area contributed by atoms with Crippen LogP contribution in [0.1, 0.15) is 27.0 Å². The number of pyridine rings is 1. The van der Waals surface area contributed by atoms with Crippen molar-refractivity contribution in [3.8, 4) is 5.75 Å². The Kier molecular flexibility index (Phi) is 5.22. The summed E-state index contributed by atoms with van der Waals surface area (Å²) in [4.78, 5) is 19.3. The van der Waals surface area contributed by atoms with Gasteiger partial charge in [-0.1, -0.05) is 30.3 Å². The van der Waals surface area contributed by atoms with Crippen LogP contribution >= 0.6 is 11.6 Å². The Morgan fingerprint density at radius 3 is 2.90 bits per heavy atom. The SMILES string of the molecule is C=Cc1ccnc2c(OCOC)c3c(cc12)CN(Cc1ccc(F)c(Cl)c1)C3=O. The van der Waals surface area contributed by atoms with E-state index in [1.807, 2.05) is 12.1 Å². The predicted octanol–water partition coefficient (Wildman–Crippen LogP) is 4.81. The molecule has 1 aliphatic heterocycles. The number of fused-ring (bicyclic) bond motifs is 2. The van der Waals surface area contributed by atoms with Gasteiger partial charge in [0.2, 0.25) is 0 Å². The maximum atomic E-state index is 13.5. The van der Waals surface area contributed by atoms with Crippen molar-refractivity contribution in [1.82, 2.24) is 9.88 Å². The number of hydrogen-bond donors (Lipinski definition) is 0. The molecule has 0 saturated heterocycles. The van der Waals surface area contributed by atoms with Crippen molar-refractivity contribution in [2.24, 2.45) is 0 Å². The van der Waals surface area contributed by atoms with E-state index in [0.29, 0.717) is 29.9 Å². The van der Waals surface area contributed by atoms with Crippen LogP contribution in [0.25, 0.3) is 17.0 Å². The van der Waals surface area contributed by atoms with E-state index >= 15 is 0 Å². The number of hydrogen-bond acceptors (Lipinski definition) is 4. The van der Waals surface area contributed by atoms with Crippen LogP contribution in [-0.4, -0.2) is 29.7 Å². The number of rotatable bonds is 6. The van der Waals surface area contributed by atoms with Gasteiger partial charge in [0.1, 0.15) is 11.3 Å². The molecule has 7 heteroatoms. The van der Waals surface area contributed by atoms with Crippen LogP contribution in [0.15, 0.2) is 43.1 Å². The lowest BCUT2D eigenvalue weighted by molar-refractivity contribution is 0.0506. The van der Waals surface area contributed by atoms with Crippen LogP contribution in [0.2, 0.25) is 5.02 Å². The molecule has 1 aliphatic rings. The smallest absolute Gasteiger partial charge is 0.258 e. The van der Waals surface area contributed by atoms with E-state index in [1.54, 1.807) is 23.2 Å². The summed E-state index contributed by atoms with van der Waals surface area (Å²) in [7, 11) is 1.51. The second kappa shape index (κ2) is 7.81. The molecule has 0 fully saturated rings. The fourth-order valence-electron chi connectivity index (χ4n) is 3.55. The standard InChI is InChI=1S/C22H18ClFN2O3/c1-3-14-6-7-25-20-16(14)9-15-11-26(10-13-4-5-18(24)17(23)8-13)22(27)19(15)21(20)29-12-28-2/h3-9H,1,10-12H2,2H3. The summed E-state index contributed by atoms with van der Waals surface area (Å²) in [6.45, 7) is 4.54. The third-order valence-electron chi connectivity index (χ3n) is 4.87. The number of halogens is 2. The number of benzene rings is 2. The lowest BCUT2D eigenvalue weighted by Gasteiger charge is -2.16. The van der Waals surface area contributed by atoms with Crippen molar-refractivity contribution in [1.29, 1.82) is 0 Å². The molecule has 148 valence electrons. The number of aromatic nitrogens is 1. The molecule has 1 aromatic heterocycles. The summed E-state index contributed by atoms with van der Waals surface area (Å²) >= 11 is 5.88. The number of nitrogens with zero attached hydrogens (tertiary/aromatic N) is 2. The zero-order chi connectivity index (χ0) is 20.5. The lowest BCUT2D eigenvalue weighted by Crippen LogP contribution is -2.23. The average molecular weight is 413 g/mol. The van der Waals surface area contributed by atoms with Crippen molar-refractivity contribution in [2.75, 3.05) is 13.9 Å². The zero-order valence-corrected chi connectivity index (χ0v) is 16.5. The van der Waals surface area contributed by atoms with Gasteiger partial charge in [0.25, 0.3) is 5.91 Å². The highest BCUT2D eigenvalue weighted by atomic mass is 35.5. The van der Waals surface area contributed by atoms with E-state index in [1.165, 1.54) is 19.2 Å². The normalized spacial score (nSPS) is 13.1. The van der Waals surface area contributed by atoms with E-state index in [-0.39, 0.29) is 17.7 Å². The van der Waals surface area contributed by atoms with Gasteiger partial charge < -0.3 is 14.4 Å². The van der Waals surface area contributed by atoms with Gasteiger partial charge in [-0.25, -0.2) is 4.39 Å². The molecule has 0 N–H and O–H groups in total. The average Bonchev–Trinajstić information content (AvgIpc) is 3.03. The molecule has 3 aromatic rings. The highest BCUT2D eigenvalue weighted by Gasteiger charge is 2.33. The number of carbonyl (C=O) groups is 1. The van der Waals surface area contributed by atoms with Crippen LogP contribution in [0.5, 0.6) is 5.75 Å². The zero-order valence-electron chi connectivity index (χ0n) is 15.7. The first kappa shape index (κ1) is 19.4. The molecule has 29 heavy (non-hydrogen) atoms. The summed E-state index contributed by atoms with van der Waals surface area (Å²) in [6, 6.07) is 8.25. The van der Waals surface area contributed by atoms with Crippen molar-refractivity contribution >= 4 is 34.5 Å². The number of ether oxygens (including phenoxy) is 2. The largest absolute Gasteiger partial charge is 0.464 e. The summed E-state index contributed by atoms with van der Waals surface area (Å²) in [5, 5.41) is 0.883. The van der Waals surface area contributed by atoms with Gasteiger partial charge in [0.15, 0.2) is 12.5 Å². The molecule has 0 saturated carbocycles. The molecule has 2 heterocycles. The van der Waals surface area contributed by atoms with Crippen LogP contribution in [0, 0.1) is 5.82 Å². The number of amides is 1. The molecule has 0 radical (unpaired) electrons. The van der Waals surface area contributed by atoms with Gasteiger partial charge in [0.05, 0.1) is 10.6 Å². The molecule has 1 amide bonds. The van der Waals surface area contributed by atoms with Gasteiger partial charge in [-0.2, -0.15) is 0 Å². The van der Waals surface area contributed by atoms with Crippen LogP contribution in [0.3, 0.4) is 0 Å². The molecule has 2 aromatic carbocycles. The second-order valence-electron chi connectivity index (χ2n) is 6.70. The minimum absolute atomic E-state index is 0.00754. The van der Waals surface area contributed by atoms with Gasteiger partial charge in [-0.3, -0.25) is 9.78 Å². The van der Waals surface area contributed by atoms with E-state index in [4.69, 9.17) is 21.1 Å². The fraction of sp³-hybridized carbons (Fsp3) is 0.182. The number of methoxy groups -OCH3 is 1. The molecular weight excluding hydrogens is 395 g/mol. The Hall–Kier alpha value is -2.96. The van der Waals surface area contributed by atoms with Gasteiger partial charge in [-0.05, 0) is 41.0 Å². The molecule has 0 atom stereocenters. The molecule has 4 rings (SSSR count). The summed E-state index contributed by atoms with van der Waals surface area (Å²) in [5.41, 5.74) is 3.52. The van der Waals surface area contributed by atoms with E-state index in [2.05, 4.69) is 11.6 Å². The summed E-state index contributed by atoms with van der Waals surface area (Å²) < 4.78 is 24.3.